The largest absolute Gasteiger partial charge is 0.483 e. The van der Waals surface area contributed by atoms with Gasteiger partial charge in [-0.2, -0.15) is 13.4 Å². The average molecular weight is 440 g/mol. The summed E-state index contributed by atoms with van der Waals surface area (Å²) in [6, 6.07) is 4.80. The number of carbonyl (C=O) groups is 2. The van der Waals surface area contributed by atoms with Crippen LogP contribution in [0.5, 0.6) is 0 Å². The highest BCUT2D eigenvalue weighted by molar-refractivity contribution is 7.91. The number of para-hydroxylation sites is 1. The Bertz CT molecular complexity index is 971. The molecule has 30 heavy (non-hydrogen) atoms. The predicted octanol–water partition coefficient (Wildman–Crippen LogP) is 0.307. The molecule has 1 aromatic carbocycles. The molecule has 0 heterocycles. The minimum Gasteiger partial charge on any atom is -0.483 e. The van der Waals surface area contributed by atoms with Gasteiger partial charge in [-0.1, -0.05) is 18.7 Å². The zero-order chi connectivity index (χ0) is 22.9. The predicted molar refractivity (Wildman–Crippen MR) is 112 cm³/mol. The summed E-state index contributed by atoms with van der Waals surface area (Å²) in [6.45, 7) is 3.47. The first-order valence-electron chi connectivity index (χ1n) is 8.24. The Hall–Kier alpha value is -3.74. The molecule has 12 nitrogen and oxygen atoms in total. The summed E-state index contributed by atoms with van der Waals surface area (Å²) in [7, 11) is 1.31. The van der Waals surface area contributed by atoms with Crippen molar-refractivity contribution in [3.05, 3.63) is 54.2 Å². The number of anilines is 1. The highest BCUT2D eigenvalue weighted by atomic mass is 32.2. The Morgan fingerprint density at radius 3 is 2.40 bits per heavy atom. The molecule has 0 saturated carbocycles. The molecule has 0 bridgehead atoms. The van der Waals surface area contributed by atoms with E-state index in [1.165, 1.54) is 57.5 Å². The Labute approximate surface area is 174 Å². The highest BCUT2D eigenvalue weighted by Gasteiger charge is 2.19. The normalized spacial score (nSPS) is 11.9. The van der Waals surface area contributed by atoms with E-state index >= 15 is 0 Å². The molecular formula is C17H24N6O6S. The second-order valence-electron chi connectivity index (χ2n) is 5.76. The number of amides is 3. The molecule has 0 aliphatic rings. The lowest BCUT2D eigenvalue weighted by atomic mass is 10.1. The van der Waals surface area contributed by atoms with Crippen LogP contribution in [0, 0.1) is 0 Å². The summed E-state index contributed by atoms with van der Waals surface area (Å²) in [4.78, 5) is 29.3. The van der Waals surface area contributed by atoms with Crippen molar-refractivity contribution in [2.24, 2.45) is 10.7 Å². The number of ether oxygens (including phenoxy) is 2. The molecule has 164 valence electrons. The van der Waals surface area contributed by atoms with Gasteiger partial charge in [-0.05, 0) is 12.1 Å². The van der Waals surface area contributed by atoms with Crippen LogP contribution in [0.1, 0.15) is 10.4 Å². The van der Waals surface area contributed by atoms with E-state index in [9.17, 15) is 18.0 Å². The van der Waals surface area contributed by atoms with Crippen LogP contribution >= 0.6 is 0 Å². The topological polar surface area (TPSA) is 164 Å². The van der Waals surface area contributed by atoms with Gasteiger partial charge in [0.2, 0.25) is 5.90 Å². The van der Waals surface area contributed by atoms with Crippen molar-refractivity contribution in [3.63, 3.8) is 0 Å². The lowest BCUT2D eigenvalue weighted by Gasteiger charge is -2.15. The molecule has 1 aromatic rings. The van der Waals surface area contributed by atoms with Gasteiger partial charge in [0.1, 0.15) is 5.82 Å². The van der Waals surface area contributed by atoms with E-state index in [4.69, 9.17) is 15.2 Å². The fourth-order valence-electron chi connectivity index (χ4n) is 1.93. The van der Waals surface area contributed by atoms with E-state index in [1.807, 2.05) is 0 Å². The van der Waals surface area contributed by atoms with Gasteiger partial charge in [0.25, 0.3) is 5.91 Å². The van der Waals surface area contributed by atoms with Gasteiger partial charge in [0.05, 0.1) is 31.5 Å². The first-order valence-corrected chi connectivity index (χ1v) is 9.72. The number of nitrogens with two attached hydrogens (primary N) is 1. The summed E-state index contributed by atoms with van der Waals surface area (Å²) < 4.78 is 38.0. The van der Waals surface area contributed by atoms with Crippen LogP contribution in [-0.4, -0.2) is 59.5 Å². The number of hydrogen-bond acceptors (Lipinski definition) is 8. The second-order valence-corrected chi connectivity index (χ2v) is 7.17. The molecule has 0 spiro atoms. The van der Waals surface area contributed by atoms with Crippen molar-refractivity contribution in [1.82, 2.24) is 14.9 Å². The van der Waals surface area contributed by atoms with Crippen LogP contribution in [0.25, 0.3) is 0 Å². The number of urea groups is 1. The molecule has 0 fully saturated rings. The average Bonchev–Trinajstić information content (AvgIpc) is 2.65. The monoisotopic (exact) mass is 440 g/mol. The molecule has 0 aliphatic heterocycles. The van der Waals surface area contributed by atoms with Crippen molar-refractivity contribution in [1.29, 1.82) is 0 Å². The van der Waals surface area contributed by atoms with E-state index < -0.39 is 22.1 Å². The Balaban J connectivity index is 2.87. The standard InChI is InChI=1S/C17H24N6O6S/c1-11(19-15(29-5)10-14(18)28-4)20-17(25)22-30(26,27)21-13-9-7-6-8-12(13)16(24)23(2)3/h6-10,21H,1,18H2,2-5H3,(H2,20,22,25)/b14-10+,19-15+. The Morgan fingerprint density at radius 2 is 1.83 bits per heavy atom. The summed E-state index contributed by atoms with van der Waals surface area (Å²) in [5, 5.41) is 2.12. The first kappa shape index (κ1) is 24.3. The molecule has 3 amide bonds. The molecule has 0 aromatic heterocycles. The molecular weight excluding hydrogens is 416 g/mol. The van der Waals surface area contributed by atoms with Gasteiger partial charge in [-0.25, -0.2) is 9.52 Å². The van der Waals surface area contributed by atoms with Gasteiger partial charge in [-0.15, -0.1) is 0 Å². The molecule has 0 unspecified atom stereocenters. The van der Waals surface area contributed by atoms with Crippen LogP contribution in [0.4, 0.5) is 10.5 Å². The Kier molecular flexibility index (Phi) is 8.67. The van der Waals surface area contributed by atoms with E-state index in [1.54, 1.807) is 10.8 Å². The van der Waals surface area contributed by atoms with E-state index in [-0.39, 0.29) is 28.9 Å². The summed E-state index contributed by atoms with van der Waals surface area (Å²) >= 11 is 0. The third kappa shape index (κ3) is 7.71. The van der Waals surface area contributed by atoms with Crippen molar-refractivity contribution in [2.75, 3.05) is 33.0 Å². The molecule has 0 aliphatic carbocycles. The van der Waals surface area contributed by atoms with Crippen LogP contribution in [0.3, 0.4) is 0 Å². The fourth-order valence-corrected chi connectivity index (χ4v) is 2.74. The van der Waals surface area contributed by atoms with Crippen molar-refractivity contribution in [3.8, 4) is 0 Å². The maximum Gasteiger partial charge on any atom is 0.335 e. The minimum absolute atomic E-state index is 0.00445. The summed E-state index contributed by atoms with van der Waals surface area (Å²) in [6.07, 6.45) is 1.22. The van der Waals surface area contributed by atoms with Crippen molar-refractivity contribution in [2.45, 2.75) is 0 Å². The number of nitrogens with zero attached hydrogens (tertiary/aromatic N) is 2. The van der Waals surface area contributed by atoms with Gasteiger partial charge >= 0.3 is 16.2 Å². The lowest BCUT2D eigenvalue weighted by molar-refractivity contribution is 0.0828. The SMILES string of the molecule is C=C(/N=C(\C=C(/N)OC)OC)NC(=O)NS(=O)(=O)Nc1ccccc1C(=O)N(C)C. The number of carbonyl (C=O) groups excluding carboxylic acids is 2. The number of aliphatic imine (C=N–C) groups is 1. The maximum absolute atomic E-state index is 12.3. The van der Waals surface area contributed by atoms with Gasteiger partial charge < -0.3 is 20.1 Å². The zero-order valence-electron chi connectivity index (χ0n) is 16.9. The molecule has 0 radical (unpaired) electrons. The zero-order valence-corrected chi connectivity index (χ0v) is 17.7. The number of hydrogen-bond donors (Lipinski definition) is 4. The van der Waals surface area contributed by atoms with Crippen LogP contribution in [-0.2, 0) is 19.7 Å². The minimum atomic E-state index is -4.37. The van der Waals surface area contributed by atoms with E-state index in [2.05, 4.69) is 21.6 Å². The molecule has 0 atom stereocenters. The third-order valence-electron chi connectivity index (χ3n) is 3.25. The maximum atomic E-state index is 12.3. The van der Waals surface area contributed by atoms with Crippen LogP contribution in [0.2, 0.25) is 0 Å². The van der Waals surface area contributed by atoms with Gasteiger partial charge in [0.15, 0.2) is 5.88 Å². The summed E-state index contributed by atoms with van der Waals surface area (Å²) in [5.41, 5.74) is 5.57. The molecule has 1 rings (SSSR count). The smallest absolute Gasteiger partial charge is 0.335 e. The number of nitrogens with one attached hydrogen (secondary N) is 3. The molecule has 0 saturated heterocycles. The number of benzene rings is 1. The second kappa shape index (κ2) is 10.7. The quantitative estimate of drug-likeness (QED) is 0.256. The van der Waals surface area contributed by atoms with E-state index in [0.29, 0.717) is 0 Å². The van der Waals surface area contributed by atoms with Crippen molar-refractivity contribution >= 4 is 33.7 Å². The highest BCUT2D eigenvalue weighted by Crippen LogP contribution is 2.17. The number of methoxy groups -OCH3 is 2. The molecule has 5 N–H and O–H groups in total. The van der Waals surface area contributed by atoms with E-state index in [0.717, 1.165) is 0 Å². The van der Waals surface area contributed by atoms with Gasteiger partial charge in [0, 0.05) is 14.1 Å². The summed E-state index contributed by atoms with van der Waals surface area (Å²) in [5.74, 6) is -0.707. The number of rotatable bonds is 8. The first-order chi connectivity index (χ1) is 14.0. The lowest BCUT2D eigenvalue weighted by Crippen LogP contribution is -2.41. The Morgan fingerprint density at radius 1 is 1.20 bits per heavy atom. The van der Waals surface area contributed by atoms with Crippen LogP contribution in [0.15, 0.2) is 53.6 Å². The van der Waals surface area contributed by atoms with Gasteiger partial charge in [-0.3, -0.25) is 14.8 Å². The van der Waals surface area contributed by atoms with Crippen LogP contribution < -0.4 is 20.5 Å². The van der Waals surface area contributed by atoms with Crippen molar-refractivity contribution < 1.29 is 27.5 Å². The third-order valence-corrected chi connectivity index (χ3v) is 4.19. The molecule has 13 heteroatoms. The fraction of sp³-hybridized carbons (Fsp3) is 0.235.